The number of fused-ring (bicyclic) bond motifs is 1. The number of hydrogen-bond acceptors (Lipinski definition) is 5. The summed E-state index contributed by atoms with van der Waals surface area (Å²) < 4.78 is 5.45. The van der Waals surface area contributed by atoms with Crippen LogP contribution in [0.25, 0.3) is 0 Å². The van der Waals surface area contributed by atoms with Crippen molar-refractivity contribution >= 4 is 11.8 Å². The van der Waals surface area contributed by atoms with E-state index >= 15 is 0 Å². The normalized spacial score (nSPS) is 30.8. The van der Waals surface area contributed by atoms with Gasteiger partial charge in [0.05, 0.1) is 11.8 Å². The molecule has 0 spiro atoms. The van der Waals surface area contributed by atoms with Crippen molar-refractivity contribution < 1.29 is 4.52 Å². The lowest BCUT2D eigenvalue weighted by Gasteiger charge is -2.13. The lowest BCUT2D eigenvalue weighted by Crippen LogP contribution is -2.18. The highest BCUT2D eigenvalue weighted by molar-refractivity contribution is 7.98. The molecular weight excluding hydrogens is 246 g/mol. The summed E-state index contributed by atoms with van der Waals surface area (Å²) in [5.74, 6) is 5.26. The Balaban J connectivity index is 1.62. The fourth-order valence-electron chi connectivity index (χ4n) is 3.22. The van der Waals surface area contributed by atoms with Gasteiger partial charge < -0.3 is 9.84 Å². The summed E-state index contributed by atoms with van der Waals surface area (Å²) >= 11 is 1.88. The van der Waals surface area contributed by atoms with Gasteiger partial charge in [0.25, 0.3) is 0 Å². The van der Waals surface area contributed by atoms with Gasteiger partial charge in [-0.05, 0) is 43.4 Å². The van der Waals surface area contributed by atoms with Crippen LogP contribution in [0.4, 0.5) is 0 Å². The fraction of sp³-hybridized carbons (Fsp3) is 0.846. The topological polar surface area (TPSA) is 51.0 Å². The largest absolute Gasteiger partial charge is 0.338 e. The molecule has 2 fully saturated rings. The van der Waals surface area contributed by atoms with E-state index in [1.54, 1.807) is 0 Å². The van der Waals surface area contributed by atoms with Crippen molar-refractivity contribution in [2.75, 3.05) is 12.3 Å². The molecule has 1 N–H and O–H groups in total. The van der Waals surface area contributed by atoms with Crippen molar-refractivity contribution in [3.63, 3.8) is 0 Å². The van der Waals surface area contributed by atoms with E-state index in [0.29, 0.717) is 6.04 Å². The number of nitrogens with zero attached hydrogens (tertiary/aromatic N) is 2. The average Bonchev–Trinajstić information content (AvgIpc) is 3.03. The van der Waals surface area contributed by atoms with Crippen LogP contribution in [-0.4, -0.2) is 22.4 Å². The number of hydrogen-bond donors (Lipinski definition) is 1. The molecule has 0 aromatic carbocycles. The Morgan fingerprint density at radius 3 is 3.28 bits per heavy atom. The second-order valence-corrected chi connectivity index (χ2v) is 6.45. The number of nitrogens with one attached hydrogen (secondary N) is 1. The zero-order valence-corrected chi connectivity index (χ0v) is 11.7. The van der Waals surface area contributed by atoms with Gasteiger partial charge >= 0.3 is 0 Å². The highest BCUT2D eigenvalue weighted by Gasteiger charge is 2.42. The Hall–Kier alpha value is -0.550. The van der Waals surface area contributed by atoms with Crippen LogP contribution >= 0.6 is 11.8 Å². The molecule has 3 atom stereocenters. The molecule has 1 saturated carbocycles. The number of rotatable bonds is 5. The summed E-state index contributed by atoms with van der Waals surface area (Å²) in [7, 11) is 0. The Morgan fingerprint density at radius 1 is 1.44 bits per heavy atom. The summed E-state index contributed by atoms with van der Waals surface area (Å²) in [6, 6.07) is 0.315. The van der Waals surface area contributed by atoms with Gasteiger partial charge in [-0.3, -0.25) is 0 Å². The van der Waals surface area contributed by atoms with E-state index in [1.165, 1.54) is 25.7 Å². The Kier molecular flexibility index (Phi) is 3.89. The van der Waals surface area contributed by atoms with Crippen LogP contribution in [0.1, 0.15) is 50.4 Å². The lowest BCUT2D eigenvalue weighted by atomic mass is 9.94. The first-order valence-electron chi connectivity index (χ1n) is 7.02. The summed E-state index contributed by atoms with van der Waals surface area (Å²) in [5.41, 5.74) is 0. The molecule has 1 saturated heterocycles. The molecule has 1 aromatic rings. The molecular formula is C13H21N3OS. The van der Waals surface area contributed by atoms with Crippen molar-refractivity contribution in [2.45, 2.75) is 44.4 Å². The van der Waals surface area contributed by atoms with E-state index in [4.69, 9.17) is 4.52 Å². The molecule has 1 aliphatic heterocycles. The number of aromatic nitrogens is 2. The second-order valence-electron chi connectivity index (χ2n) is 5.34. The number of thioether (sulfide) groups is 1. The van der Waals surface area contributed by atoms with Crippen molar-refractivity contribution in [3.8, 4) is 0 Å². The molecule has 0 amide bonds. The van der Waals surface area contributed by atoms with Crippen LogP contribution in [0.2, 0.25) is 0 Å². The molecule has 2 aliphatic rings. The van der Waals surface area contributed by atoms with Gasteiger partial charge in [-0.15, -0.1) is 0 Å². The molecule has 100 valence electrons. The summed E-state index contributed by atoms with van der Waals surface area (Å²) in [6.45, 7) is 3.31. The van der Waals surface area contributed by atoms with Crippen LogP contribution < -0.4 is 5.32 Å². The van der Waals surface area contributed by atoms with Gasteiger partial charge in [0.15, 0.2) is 5.82 Å². The Bertz CT molecular complexity index is 395. The van der Waals surface area contributed by atoms with Gasteiger partial charge in [-0.2, -0.15) is 16.7 Å². The summed E-state index contributed by atoms with van der Waals surface area (Å²) in [5, 5.41) is 7.65. The highest BCUT2D eigenvalue weighted by atomic mass is 32.2. The minimum absolute atomic E-state index is 0.315. The molecule has 5 heteroatoms. The zero-order chi connectivity index (χ0) is 12.4. The lowest BCUT2D eigenvalue weighted by molar-refractivity contribution is 0.301. The maximum atomic E-state index is 5.45. The Morgan fingerprint density at radius 2 is 2.39 bits per heavy atom. The third-order valence-corrected chi connectivity index (χ3v) is 5.23. The predicted octanol–water partition coefficient (Wildman–Crippen LogP) is 2.77. The van der Waals surface area contributed by atoms with Crippen LogP contribution in [0.15, 0.2) is 4.52 Å². The molecule has 0 radical (unpaired) electrons. The van der Waals surface area contributed by atoms with E-state index in [2.05, 4.69) is 22.4 Å². The average molecular weight is 267 g/mol. The maximum Gasteiger partial charge on any atom is 0.244 e. The first kappa shape index (κ1) is 12.5. The molecule has 3 unspecified atom stereocenters. The fourth-order valence-corrected chi connectivity index (χ4v) is 3.95. The monoisotopic (exact) mass is 267 g/mol. The maximum absolute atomic E-state index is 5.45. The van der Waals surface area contributed by atoms with Crippen molar-refractivity contribution in [1.29, 1.82) is 0 Å². The van der Waals surface area contributed by atoms with Crippen LogP contribution in [-0.2, 0) is 5.75 Å². The quantitative estimate of drug-likeness (QED) is 0.831. The van der Waals surface area contributed by atoms with Crippen LogP contribution in [0.5, 0.6) is 0 Å². The van der Waals surface area contributed by atoms with Gasteiger partial charge in [0.2, 0.25) is 5.89 Å². The third-order valence-electron chi connectivity index (χ3n) is 4.08. The van der Waals surface area contributed by atoms with E-state index in [0.717, 1.165) is 41.6 Å². The summed E-state index contributed by atoms with van der Waals surface area (Å²) in [6.07, 6.45) is 5.23. The first-order chi connectivity index (χ1) is 8.88. The highest BCUT2D eigenvalue weighted by Crippen LogP contribution is 2.43. The predicted molar refractivity (Wildman–Crippen MR) is 72.3 cm³/mol. The van der Waals surface area contributed by atoms with Gasteiger partial charge in [0.1, 0.15) is 0 Å². The molecule has 3 rings (SSSR count). The minimum atomic E-state index is 0.315. The van der Waals surface area contributed by atoms with Crippen LogP contribution in [0, 0.1) is 11.8 Å². The van der Waals surface area contributed by atoms with Gasteiger partial charge in [0, 0.05) is 0 Å². The SMILES string of the molecule is CCCSCc1noc(C2NCC3CCCC32)n1. The molecule has 1 aromatic heterocycles. The molecule has 2 heterocycles. The van der Waals surface area contributed by atoms with Crippen molar-refractivity contribution in [1.82, 2.24) is 15.5 Å². The molecule has 4 nitrogen and oxygen atoms in total. The summed E-state index contributed by atoms with van der Waals surface area (Å²) in [4.78, 5) is 4.56. The van der Waals surface area contributed by atoms with Crippen LogP contribution in [0.3, 0.4) is 0 Å². The molecule has 0 bridgehead atoms. The van der Waals surface area contributed by atoms with Gasteiger partial charge in [-0.25, -0.2) is 0 Å². The van der Waals surface area contributed by atoms with E-state index in [1.807, 2.05) is 11.8 Å². The molecule has 1 aliphatic carbocycles. The zero-order valence-electron chi connectivity index (χ0n) is 10.9. The van der Waals surface area contributed by atoms with E-state index in [9.17, 15) is 0 Å². The van der Waals surface area contributed by atoms with E-state index < -0.39 is 0 Å². The molecule has 18 heavy (non-hydrogen) atoms. The van der Waals surface area contributed by atoms with Crippen molar-refractivity contribution in [3.05, 3.63) is 11.7 Å². The first-order valence-corrected chi connectivity index (χ1v) is 8.17. The Labute approximate surface area is 112 Å². The van der Waals surface area contributed by atoms with E-state index in [-0.39, 0.29) is 0 Å². The van der Waals surface area contributed by atoms with Crippen molar-refractivity contribution in [2.24, 2.45) is 11.8 Å². The van der Waals surface area contributed by atoms with Gasteiger partial charge in [-0.1, -0.05) is 18.5 Å². The smallest absolute Gasteiger partial charge is 0.244 e. The second kappa shape index (κ2) is 5.61. The standard InChI is InChI=1S/C13H21N3OS/c1-2-6-18-8-11-15-13(17-16-11)12-10-5-3-4-9(10)7-14-12/h9-10,12,14H,2-8H2,1H3. The minimum Gasteiger partial charge on any atom is -0.338 e. The third kappa shape index (κ3) is 2.43.